The smallest absolute Gasteiger partial charge is 0.416 e. The number of methoxy groups -OCH3 is 1. The van der Waals surface area contributed by atoms with E-state index < -0.39 is 17.7 Å². The van der Waals surface area contributed by atoms with Crippen LogP contribution in [0, 0.1) is 0 Å². The first kappa shape index (κ1) is 20.8. The molecule has 1 aliphatic carbocycles. The summed E-state index contributed by atoms with van der Waals surface area (Å²) in [7, 11) is 1.15. The van der Waals surface area contributed by atoms with Gasteiger partial charge >= 0.3 is 12.1 Å². The second-order valence-corrected chi connectivity index (χ2v) is 7.38. The van der Waals surface area contributed by atoms with Crippen LogP contribution in [0.4, 0.5) is 18.9 Å². The first-order valence-corrected chi connectivity index (χ1v) is 9.82. The zero-order valence-corrected chi connectivity index (χ0v) is 16.8. The van der Waals surface area contributed by atoms with Crippen molar-refractivity contribution >= 4 is 23.8 Å². The molecule has 0 aliphatic heterocycles. The number of alkyl halides is 3. The molecule has 7 heteroatoms. The third-order valence-corrected chi connectivity index (χ3v) is 5.27. The van der Waals surface area contributed by atoms with Crippen LogP contribution >= 0.6 is 0 Å². The van der Waals surface area contributed by atoms with Gasteiger partial charge in [-0.2, -0.15) is 13.2 Å². The van der Waals surface area contributed by atoms with Gasteiger partial charge in [0.1, 0.15) is 0 Å². The number of nitrogens with zero attached hydrogens (tertiary/aromatic N) is 1. The number of anilines is 1. The molecule has 0 saturated heterocycles. The van der Waals surface area contributed by atoms with E-state index in [0.717, 1.165) is 36.4 Å². The summed E-state index contributed by atoms with van der Waals surface area (Å²) in [5.74, 6) is -0.817. The number of aromatic nitrogens is 1. The van der Waals surface area contributed by atoms with Crippen LogP contribution in [0.2, 0.25) is 0 Å². The molecule has 1 unspecified atom stereocenters. The standard InChI is InChI=1S/C24H21F3N2O2/c1-31-23(30)20-14-18(24(25,26)27)7-9-21(20)28-19-8-10-22-17(13-19)11-12-29(22)15-16-5-3-2-4-6-16/h2-7,9-14,19,28H,8,15H2,1H3. The van der Waals surface area contributed by atoms with Gasteiger partial charge < -0.3 is 14.6 Å². The van der Waals surface area contributed by atoms with Crippen molar-refractivity contribution in [3.63, 3.8) is 0 Å². The van der Waals surface area contributed by atoms with Gasteiger partial charge in [0.25, 0.3) is 0 Å². The maximum absolute atomic E-state index is 13.1. The first-order chi connectivity index (χ1) is 14.8. The number of fused-ring (bicyclic) bond motifs is 1. The predicted molar refractivity (Wildman–Crippen MR) is 113 cm³/mol. The van der Waals surface area contributed by atoms with E-state index in [1.165, 1.54) is 11.6 Å². The Morgan fingerprint density at radius 3 is 2.65 bits per heavy atom. The van der Waals surface area contributed by atoms with Crippen LogP contribution in [-0.4, -0.2) is 23.7 Å². The molecule has 2 aromatic carbocycles. The van der Waals surface area contributed by atoms with Crippen molar-refractivity contribution in [2.24, 2.45) is 0 Å². The van der Waals surface area contributed by atoms with E-state index in [1.54, 1.807) is 0 Å². The number of halogens is 3. The minimum Gasteiger partial charge on any atom is -0.465 e. The number of carbonyl (C=O) groups excluding carboxylic acids is 1. The fraction of sp³-hybridized carbons (Fsp3) is 0.208. The molecule has 0 radical (unpaired) electrons. The topological polar surface area (TPSA) is 43.3 Å². The molecule has 1 aromatic heterocycles. The van der Waals surface area contributed by atoms with Crippen LogP contribution in [-0.2, 0) is 17.5 Å². The molecule has 1 atom stereocenters. The Bertz CT molecular complexity index is 1210. The van der Waals surface area contributed by atoms with Crippen molar-refractivity contribution in [1.82, 2.24) is 4.57 Å². The summed E-state index contributed by atoms with van der Waals surface area (Å²) < 4.78 is 46.0. The van der Waals surface area contributed by atoms with E-state index in [9.17, 15) is 18.0 Å². The summed E-state index contributed by atoms with van der Waals surface area (Å²) >= 11 is 0. The summed E-state index contributed by atoms with van der Waals surface area (Å²) in [6, 6.07) is 15.0. The quantitative estimate of drug-likeness (QED) is 0.632. The monoisotopic (exact) mass is 426 g/mol. The number of hydrogen-bond donors (Lipinski definition) is 1. The van der Waals surface area contributed by atoms with Crippen LogP contribution in [0.5, 0.6) is 0 Å². The Morgan fingerprint density at radius 2 is 1.94 bits per heavy atom. The summed E-state index contributed by atoms with van der Waals surface area (Å²) in [5.41, 5.74) is 0.472. The summed E-state index contributed by atoms with van der Waals surface area (Å²) in [5, 5.41) is 5.31. The Morgan fingerprint density at radius 1 is 1.16 bits per heavy atom. The van der Waals surface area contributed by atoms with Gasteiger partial charge in [0.15, 0.2) is 0 Å². The fourth-order valence-electron chi connectivity index (χ4n) is 3.74. The van der Waals surface area contributed by atoms with Gasteiger partial charge in [-0.25, -0.2) is 4.79 Å². The molecule has 1 N–H and O–H groups in total. The van der Waals surface area contributed by atoms with Crippen molar-refractivity contribution in [1.29, 1.82) is 0 Å². The molecule has 1 heterocycles. The second-order valence-electron chi connectivity index (χ2n) is 7.38. The van der Waals surface area contributed by atoms with Crippen molar-refractivity contribution in [2.75, 3.05) is 12.4 Å². The SMILES string of the molecule is COC(=O)c1cc(C(F)(F)F)ccc1NC1C=c2ccn(Cc3ccccc3)c2=CC1. The molecule has 0 bridgehead atoms. The van der Waals surface area contributed by atoms with Crippen molar-refractivity contribution < 1.29 is 22.7 Å². The van der Waals surface area contributed by atoms with E-state index in [2.05, 4.69) is 32.8 Å². The highest BCUT2D eigenvalue weighted by molar-refractivity contribution is 5.96. The Balaban J connectivity index is 1.59. The largest absolute Gasteiger partial charge is 0.465 e. The van der Waals surface area contributed by atoms with Crippen LogP contribution in [0.3, 0.4) is 0 Å². The van der Waals surface area contributed by atoms with Crippen LogP contribution in [0.25, 0.3) is 12.2 Å². The molecule has 1 aliphatic rings. The van der Waals surface area contributed by atoms with Crippen LogP contribution in [0.1, 0.15) is 27.9 Å². The van der Waals surface area contributed by atoms with Gasteiger partial charge in [0.2, 0.25) is 0 Å². The third-order valence-electron chi connectivity index (χ3n) is 5.27. The van der Waals surface area contributed by atoms with Crippen molar-refractivity contribution in [3.8, 4) is 0 Å². The van der Waals surface area contributed by atoms with Crippen molar-refractivity contribution in [2.45, 2.75) is 25.2 Å². The maximum Gasteiger partial charge on any atom is 0.416 e. The van der Waals surface area contributed by atoms with Crippen LogP contribution < -0.4 is 15.9 Å². The minimum atomic E-state index is -4.54. The Hall–Kier alpha value is -3.48. The van der Waals surface area contributed by atoms with E-state index >= 15 is 0 Å². The Labute approximate surface area is 177 Å². The average Bonchev–Trinajstić information content (AvgIpc) is 3.15. The lowest BCUT2D eigenvalue weighted by Gasteiger charge is -2.20. The lowest BCUT2D eigenvalue weighted by Crippen LogP contribution is -2.36. The molecule has 3 aromatic rings. The minimum absolute atomic E-state index is 0.141. The number of carbonyl (C=O) groups is 1. The molecular formula is C24H21F3N2O2. The van der Waals surface area contributed by atoms with Gasteiger partial charge in [-0.3, -0.25) is 0 Å². The predicted octanol–water partition coefficient (Wildman–Crippen LogP) is 3.79. The number of esters is 1. The molecule has 4 nitrogen and oxygen atoms in total. The zero-order valence-electron chi connectivity index (χ0n) is 16.8. The summed E-state index contributed by atoms with van der Waals surface area (Å²) in [6.45, 7) is 0.754. The summed E-state index contributed by atoms with van der Waals surface area (Å²) in [6.07, 6.45) is 2.23. The molecule has 4 rings (SSSR count). The first-order valence-electron chi connectivity index (χ1n) is 9.82. The molecule has 0 saturated carbocycles. The summed E-state index contributed by atoms with van der Waals surface area (Å²) in [4.78, 5) is 12.1. The second kappa shape index (κ2) is 8.34. The molecule has 0 spiro atoms. The van der Waals surface area contributed by atoms with E-state index in [-0.39, 0.29) is 11.6 Å². The van der Waals surface area contributed by atoms with Gasteiger partial charge in [0.05, 0.1) is 18.2 Å². The van der Waals surface area contributed by atoms with Gasteiger partial charge in [-0.1, -0.05) is 42.5 Å². The lowest BCUT2D eigenvalue weighted by molar-refractivity contribution is -0.137. The van der Waals surface area contributed by atoms with Crippen LogP contribution in [0.15, 0.2) is 60.8 Å². The third kappa shape index (κ3) is 4.50. The molecule has 31 heavy (non-hydrogen) atoms. The highest BCUT2D eigenvalue weighted by atomic mass is 19.4. The molecular weight excluding hydrogens is 405 g/mol. The lowest BCUT2D eigenvalue weighted by atomic mass is 10.0. The highest BCUT2D eigenvalue weighted by Gasteiger charge is 2.32. The molecule has 160 valence electrons. The number of hydrogen-bond acceptors (Lipinski definition) is 3. The van der Waals surface area contributed by atoms with E-state index in [0.29, 0.717) is 12.1 Å². The number of benzene rings is 2. The zero-order chi connectivity index (χ0) is 22.0. The van der Waals surface area contributed by atoms with E-state index in [4.69, 9.17) is 0 Å². The van der Waals surface area contributed by atoms with Crippen molar-refractivity contribution in [3.05, 3.63) is 88.1 Å². The van der Waals surface area contributed by atoms with Gasteiger partial charge in [-0.05, 0) is 41.5 Å². The molecule has 0 amide bonds. The Kier molecular flexibility index (Phi) is 5.59. The fourth-order valence-corrected chi connectivity index (χ4v) is 3.74. The normalized spacial score (nSPS) is 15.4. The number of rotatable bonds is 5. The van der Waals surface area contributed by atoms with Gasteiger partial charge in [0, 0.05) is 29.8 Å². The number of nitrogens with one attached hydrogen (secondary N) is 1. The maximum atomic E-state index is 13.1. The molecule has 0 fully saturated rings. The number of ether oxygens (including phenoxy) is 1. The highest BCUT2D eigenvalue weighted by Crippen LogP contribution is 2.32. The van der Waals surface area contributed by atoms with E-state index in [1.807, 2.05) is 36.5 Å². The van der Waals surface area contributed by atoms with Gasteiger partial charge in [-0.15, -0.1) is 0 Å². The average molecular weight is 426 g/mol.